The Morgan fingerprint density at radius 2 is 0.778 bits per heavy atom. The molecule has 9 nitrogen and oxygen atoms in total. The monoisotopic (exact) mass is 447 g/mol. The Bertz CT molecular complexity index is 486. The molecule has 0 atom stereocenters. The van der Waals surface area contributed by atoms with Crippen LogP contribution in [0.25, 0.3) is 0 Å². The van der Waals surface area contributed by atoms with Crippen molar-refractivity contribution in [1.29, 1.82) is 0 Å². The first-order valence-corrected chi connectivity index (χ1v) is 6.21. The van der Waals surface area contributed by atoms with Gasteiger partial charge in [-0.1, -0.05) is 0 Å². The standard InChI is InChI=1S/C6Br3N3O6/c7-1-4(10(13)14)2(8)6(12(17)18)3(9)5(1)11(15)16. The predicted octanol–water partition coefficient (Wildman–Crippen LogP) is 3.70. The smallest absolute Gasteiger partial charge is 0.258 e. The van der Waals surface area contributed by atoms with Crippen LogP contribution in [0.3, 0.4) is 0 Å². The van der Waals surface area contributed by atoms with Crippen molar-refractivity contribution in [3.05, 3.63) is 43.8 Å². The largest absolute Gasteiger partial charge is 0.311 e. The molecule has 0 aliphatic carbocycles. The summed E-state index contributed by atoms with van der Waals surface area (Å²) in [5, 5.41) is 32.4. The molecule has 0 aliphatic heterocycles. The first-order valence-electron chi connectivity index (χ1n) is 3.83. The first kappa shape index (κ1) is 14.9. The summed E-state index contributed by atoms with van der Waals surface area (Å²) in [6.07, 6.45) is 0. The van der Waals surface area contributed by atoms with Crippen LogP contribution in [0.5, 0.6) is 0 Å². The maximum atomic E-state index is 10.8. The van der Waals surface area contributed by atoms with Crippen LogP contribution in [0, 0.1) is 30.3 Å². The van der Waals surface area contributed by atoms with E-state index < -0.39 is 45.3 Å². The van der Waals surface area contributed by atoms with Crippen LogP contribution in [-0.4, -0.2) is 14.8 Å². The topological polar surface area (TPSA) is 129 Å². The summed E-state index contributed by atoms with van der Waals surface area (Å²) in [7, 11) is 0. The lowest BCUT2D eigenvalue weighted by molar-refractivity contribution is -0.406. The highest BCUT2D eigenvalue weighted by Crippen LogP contribution is 2.50. The van der Waals surface area contributed by atoms with Gasteiger partial charge in [-0.25, -0.2) is 0 Å². The highest BCUT2D eigenvalue weighted by Gasteiger charge is 2.39. The maximum Gasteiger partial charge on any atom is 0.311 e. The number of halogens is 3. The molecular weight excluding hydrogens is 450 g/mol. The summed E-state index contributed by atoms with van der Waals surface area (Å²) in [5.74, 6) is 0. The fourth-order valence-electron chi connectivity index (χ4n) is 1.11. The third-order valence-electron chi connectivity index (χ3n) is 1.80. The molecule has 0 saturated carbocycles. The fourth-order valence-corrected chi connectivity index (χ4v) is 3.96. The van der Waals surface area contributed by atoms with Crippen molar-refractivity contribution in [3.63, 3.8) is 0 Å². The molecule has 1 aromatic rings. The van der Waals surface area contributed by atoms with Gasteiger partial charge in [0.25, 0.3) is 0 Å². The van der Waals surface area contributed by atoms with Gasteiger partial charge in [-0.05, 0) is 47.8 Å². The Labute approximate surface area is 123 Å². The Hall–Kier alpha value is -1.14. The van der Waals surface area contributed by atoms with Gasteiger partial charge in [0.2, 0.25) is 0 Å². The number of nitro groups is 3. The molecule has 0 amide bonds. The van der Waals surface area contributed by atoms with E-state index in [-0.39, 0.29) is 0 Å². The van der Waals surface area contributed by atoms with Gasteiger partial charge in [0.1, 0.15) is 0 Å². The molecule has 0 spiro atoms. The van der Waals surface area contributed by atoms with E-state index in [9.17, 15) is 30.3 Å². The number of nitrogens with zero attached hydrogens (tertiary/aromatic N) is 3. The SMILES string of the molecule is O=[N+]([O-])c1c(Br)c([N+](=O)[O-])c(Br)c([N+](=O)[O-])c1Br. The zero-order valence-corrected chi connectivity index (χ0v) is 12.7. The van der Waals surface area contributed by atoms with Crippen LogP contribution in [0.4, 0.5) is 17.1 Å². The van der Waals surface area contributed by atoms with Crippen molar-refractivity contribution in [2.45, 2.75) is 0 Å². The van der Waals surface area contributed by atoms with Crippen molar-refractivity contribution in [1.82, 2.24) is 0 Å². The van der Waals surface area contributed by atoms with Gasteiger partial charge in [0, 0.05) is 0 Å². The molecule has 0 N–H and O–H groups in total. The van der Waals surface area contributed by atoms with E-state index in [2.05, 4.69) is 47.8 Å². The van der Waals surface area contributed by atoms with Gasteiger partial charge in [-0.3, -0.25) is 30.3 Å². The molecule has 0 fully saturated rings. The summed E-state index contributed by atoms with van der Waals surface area (Å²) in [6.45, 7) is 0. The van der Waals surface area contributed by atoms with Gasteiger partial charge < -0.3 is 0 Å². The van der Waals surface area contributed by atoms with Crippen LogP contribution in [0.15, 0.2) is 13.4 Å². The Kier molecular flexibility index (Phi) is 4.34. The molecular formula is C6Br3N3O6. The number of nitro benzene ring substituents is 3. The normalized spacial score (nSPS) is 10.2. The van der Waals surface area contributed by atoms with E-state index in [1.807, 2.05) is 0 Å². The van der Waals surface area contributed by atoms with Gasteiger partial charge in [0.05, 0.1) is 14.8 Å². The van der Waals surface area contributed by atoms with E-state index in [4.69, 9.17) is 0 Å². The molecule has 12 heteroatoms. The van der Waals surface area contributed by atoms with Crippen LogP contribution in [0.1, 0.15) is 0 Å². The van der Waals surface area contributed by atoms with E-state index in [0.717, 1.165) is 0 Å². The average molecular weight is 450 g/mol. The van der Waals surface area contributed by atoms with Gasteiger partial charge in [0.15, 0.2) is 13.4 Å². The highest BCUT2D eigenvalue weighted by molar-refractivity contribution is 9.12. The molecule has 0 aromatic heterocycles. The van der Waals surface area contributed by atoms with Crippen molar-refractivity contribution < 1.29 is 14.8 Å². The molecule has 1 aromatic carbocycles. The zero-order chi connectivity index (χ0) is 14.2. The summed E-state index contributed by atoms with van der Waals surface area (Å²) in [4.78, 5) is 29.5. The van der Waals surface area contributed by atoms with E-state index >= 15 is 0 Å². The van der Waals surface area contributed by atoms with Crippen molar-refractivity contribution in [2.24, 2.45) is 0 Å². The summed E-state index contributed by atoms with van der Waals surface area (Å²) >= 11 is 8.10. The van der Waals surface area contributed by atoms with Crippen molar-refractivity contribution in [3.8, 4) is 0 Å². The lowest BCUT2D eigenvalue weighted by Gasteiger charge is -2.04. The minimum Gasteiger partial charge on any atom is -0.258 e. The van der Waals surface area contributed by atoms with Crippen molar-refractivity contribution in [2.75, 3.05) is 0 Å². The zero-order valence-electron chi connectivity index (χ0n) is 7.93. The summed E-state index contributed by atoms with van der Waals surface area (Å²) in [5.41, 5.74) is -2.34. The molecule has 0 bridgehead atoms. The second kappa shape index (κ2) is 5.24. The highest BCUT2D eigenvalue weighted by atomic mass is 79.9. The number of benzene rings is 1. The van der Waals surface area contributed by atoms with Crippen LogP contribution < -0.4 is 0 Å². The Balaban J connectivity index is 3.94. The number of rotatable bonds is 3. The summed E-state index contributed by atoms with van der Waals surface area (Å²) in [6, 6.07) is 0. The van der Waals surface area contributed by atoms with Crippen LogP contribution >= 0.6 is 47.8 Å². The Morgan fingerprint density at radius 1 is 0.611 bits per heavy atom. The van der Waals surface area contributed by atoms with Crippen molar-refractivity contribution >= 4 is 64.9 Å². The second-order valence-corrected chi connectivity index (χ2v) is 5.14. The van der Waals surface area contributed by atoms with Gasteiger partial charge >= 0.3 is 17.1 Å². The molecule has 0 unspecified atom stereocenters. The molecule has 0 aliphatic rings. The van der Waals surface area contributed by atoms with Gasteiger partial charge in [-0.2, -0.15) is 0 Å². The first-order chi connectivity index (χ1) is 8.20. The van der Waals surface area contributed by atoms with E-state index in [0.29, 0.717) is 0 Å². The maximum absolute atomic E-state index is 10.8. The lowest BCUT2D eigenvalue weighted by atomic mass is 10.2. The minimum atomic E-state index is -0.958. The molecule has 0 radical (unpaired) electrons. The molecule has 1 rings (SSSR count). The second-order valence-electron chi connectivity index (χ2n) is 2.76. The van der Waals surface area contributed by atoms with Crippen LogP contribution in [0.2, 0.25) is 0 Å². The fraction of sp³-hybridized carbons (Fsp3) is 0. The predicted molar refractivity (Wildman–Crippen MR) is 69.5 cm³/mol. The third-order valence-corrected chi connectivity index (χ3v) is 4.05. The molecule has 0 heterocycles. The average Bonchev–Trinajstić information content (AvgIpc) is 2.14. The quantitative estimate of drug-likeness (QED) is 0.511. The van der Waals surface area contributed by atoms with Crippen LogP contribution in [-0.2, 0) is 0 Å². The Morgan fingerprint density at radius 3 is 0.889 bits per heavy atom. The molecule has 96 valence electrons. The lowest BCUT2D eigenvalue weighted by Crippen LogP contribution is -2.02. The van der Waals surface area contributed by atoms with E-state index in [1.165, 1.54) is 0 Å². The minimum absolute atomic E-state index is 0.457. The van der Waals surface area contributed by atoms with Gasteiger partial charge in [-0.15, -0.1) is 0 Å². The third kappa shape index (κ3) is 2.35. The van der Waals surface area contributed by atoms with E-state index in [1.54, 1.807) is 0 Å². The number of hydrogen-bond donors (Lipinski definition) is 0. The molecule has 0 saturated heterocycles. The number of hydrogen-bond acceptors (Lipinski definition) is 6. The molecule has 18 heavy (non-hydrogen) atoms. The summed E-state index contributed by atoms with van der Waals surface area (Å²) < 4.78 is -1.37.